The molecule has 6 rings (SSSR count). The summed E-state index contributed by atoms with van der Waals surface area (Å²) in [6, 6.07) is 13.6. The molecule has 41 heavy (non-hydrogen) atoms. The van der Waals surface area contributed by atoms with Crippen molar-refractivity contribution in [2.75, 3.05) is 25.0 Å². The molecule has 1 atom stereocenters. The third-order valence-electron chi connectivity index (χ3n) is 7.35. The summed E-state index contributed by atoms with van der Waals surface area (Å²) in [6.45, 7) is 0.988. The summed E-state index contributed by atoms with van der Waals surface area (Å²) in [5.74, 6) is -1.30. The van der Waals surface area contributed by atoms with E-state index in [2.05, 4.69) is 15.3 Å². The number of urea groups is 1. The number of hydrogen-bond acceptors (Lipinski definition) is 5. The number of likely N-dealkylation sites (tertiary alicyclic amines) is 1. The van der Waals surface area contributed by atoms with Gasteiger partial charge in [-0.05, 0) is 53.1 Å². The number of aromatic nitrogens is 2. The Hall–Kier alpha value is -5.00. The van der Waals surface area contributed by atoms with Crippen molar-refractivity contribution in [3.05, 3.63) is 77.4 Å². The molecule has 2 aliphatic heterocycles. The van der Waals surface area contributed by atoms with Crippen molar-refractivity contribution < 1.29 is 33.0 Å². The van der Waals surface area contributed by atoms with Gasteiger partial charge < -0.3 is 24.6 Å². The maximum absolute atomic E-state index is 14.0. The standard InChI is InChI=1S/C29H25F2N5O5/c30-21-4-1-18(12-22(21)31)25-14-20(37)7-8-36(25)29(40)35-9-10-41-26-6-3-16(11-19(26)15-35)17-2-5-23-24(13-17)33-27(32-23)34-28(38)39/h1-6,11-13,25H,7-10,14-15H2,(H,38,39)(H2,32,33,34). The fraction of sp³-hybridized carbons (Fsp3) is 0.241. The summed E-state index contributed by atoms with van der Waals surface area (Å²) in [5, 5.41) is 11.2. The van der Waals surface area contributed by atoms with Crippen LogP contribution in [-0.2, 0) is 11.3 Å². The molecule has 1 fully saturated rings. The quantitative estimate of drug-likeness (QED) is 0.311. The summed E-state index contributed by atoms with van der Waals surface area (Å²) in [6.07, 6.45) is -1.00. The van der Waals surface area contributed by atoms with Crippen molar-refractivity contribution in [1.82, 2.24) is 19.8 Å². The Morgan fingerprint density at radius 2 is 1.83 bits per heavy atom. The fourth-order valence-electron chi connectivity index (χ4n) is 5.34. The molecule has 1 aromatic heterocycles. The molecule has 12 heteroatoms. The number of ketones is 1. The number of fused-ring (bicyclic) bond motifs is 2. The molecule has 210 valence electrons. The molecular formula is C29H25F2N5O5. The number of carboxylic acid groups (broad SMARTS) is 1. The zero-order valence-corrected chi connectivity index (χ0v) is 21.7. The molecule has 0 spiro atoms. The van der Waals surface area contributed by atoms with Crippen molar-refractivity contribution in [3.63, 3.8) is 0 Å². The summed E-state index contributed by atoms with van der Waals surface area (Å²) in [5.41, 5.74) is 4.11. The Balaban J connectivity index is 1.26. The van der Waals surface area contributed by atoms with E-state index in [1.165, 1.54) is 6.07 Å². The van der Waals surface area contributed by atoms with E-state index < -0.39 is 23.8 Å². The molecule has 3 N–H and O–H groups in total. The molecule has 0 bridgehead atoms. The number of Topliss-reactive ketones (excluding diaryl/α,β-unsaturated/α-hetero) is 1. The monoisotopic (exact) mass is 561 g/mol. The number of nitrogens with zero attached hydrogens (tertiary/aromatic N) is 3. The number of benzene rings is 3. The molecule has 3 aromatic carbocycles. The van der Waals surface area contributed by atoms with E-state index in [9.17, 15) is 23.2 Å². The van der Waals surface area contributed by atoms with E-state index in [-0.39, 0.29) is 50.3 Å². The number of hydrogen-bond donors (Lipinski definition) is 3. The van der Waals surface area contributed by atoms with Crippen LogP contribution in [0.5, 0.6) is 5.75 Å². The van der Waals surface area contributed by atoms with Crippen LogP contribution in [-0.4, -0.2) is 62.5 Å². The number of ether oxygens (including phenoxy) is 1. The van der Waals surface area contributed by atoms with Crippen LogP contribution in [0.25, 0.3) is 22.2 Å². The molecule has 2 aliphatic rings. The van der Waals surface area contributed by atoms with Gasteiger partial charge in [0.2, 0.25) is 5.95 Å². The van der Waals surface area contributed by atoms with Crippen molar-refractivity contribution in [3.8, 4) is 16.9 Å². The van der Waals surface area contributed by atoms with Crippen LogP contribution in [0.4, 0.5) is 24.3 Å². The number of nitrogens with one attached hydrogen (secondary N) is 2. The molecule has 10 nitrogen and oxygen atoms in total. The number of amides is 3. The molecule has 1 saturated heterocycles. The first-order chi connectivity index (χ1) is 19.7. The molecule has 4 aromatic rings. The van der Waals surface area contributed by atoms with Gasteiger partial charge in [-0.3, -0.25) is 10.1 Å². The summed E-state index contributed by atoms with van der Waals surface area (Å²) < 4.78 is 33.5. The van der Waals surface area contributed by atoms with Crippen LogP contribution in [0, 0.1) is 11.6 Å². The highest BCUT2D eigenvalue weighted by molar-refractivity contribution is 5.88. The first kappa shape index (κ1) is 26.2. The maximum Gasteiger partial charge on any atom is 0.411 e. The zero-order valence-electron chi connectivity index (χ0n) is 21.7. The van der Waals surface area contributed by atoms with Crippen molar-refractivity contribution in [1.29, 1.82) is 0 Å². The SMILES string of the molecule is O=C1CCN(C(=O)N2CCOc3ccc(-c4ccc5nc(NC(=O)O)[nH]c5c4)cc3C2)C(c2ccc(F)c(F)c2)C1. The van der Waals surface area contributed by atoms with Crippen molar-refractivity contribution in [2.24, 2.45) is 0 Å². The minimum Gasteiger partial charge on any atom is -0.491 e. The van der Waals surface area contributed by atoms with Gasteiger partial charge in [0.1, 0.15) is 18.1 Å². The molecule has 1 unspecified atom stereocenters. The lowest BCUT2D eigenvalue weighted by Crippen LogP contribution is -2.48. The second-order valence-electron chi connectivity index (χ2n) is 10.00. The molecule has 0 saturated carbocycles. The van der Waals surface area contributed by atoms with E-state index in [0.29, 0.717) is 28.9 Å². The normalized spacial score (nSPS) is 17.1. The predicted molar refractivity (Wildman–Crippen MR) is 145 cm³/mol. The van der Waals surface area contributed by atoms with Crippen molar-refractivity contribution in [2.45, 2.75) is 25.4 Å². The summed E-state index contributed by atoms with van der Waals surface area (Å²) >= 11 is 0. The van der Waals surface area contributed by atoms with Gasteiger partial charge in [-0.15, -0.1) is 0 Å². The Morgan fingerprint density at radius 1 is 1.02 bits per heavy atom. The van der Waals surface area contributed by atoms with Crippen LogP contribution in [0.2, 0.25) is 0 Å². The highest BCUT2D eigenvalue weighted by atomic mass is 19.2. The number of rotatable bonds is 3. The third kappa shape index (κ3) is 5.28. The first-order valence-corrected chi connectivity index (χ1v) is 13.0. The molecule has 3 amide bonds. The average Bonchev–Trinajstić information content (AvgIpc) is 3.21. The lowest BCUT2D eigenvalue weighted by atomic mass is 9.94. The molecule has 0 radical (unpaired) electrons. The minimum atomic E-state index is -1.22. The first-order valence-electron chi connectivity index (χ1n) is 13.0. The fourth-order valence-corrected chi connectivity index (χ4v) is 5.34. The van der Waals surface area contributed by atoms with Gasteiger partial charge in [0.05, 0.1) is 30.2 Å². The van der Waals surface area contributed by atoms with Gasteiger partial charge in [0, 0.05) is 24.9 Å². The number of piperidine rings is 1. The van der Waals surface area contributed by atoms with Crippen LogP contribution in [0.15, 0.2) is 54.6 Å². The lowest BCUT2D eigenvalue weighted by molar-refractivity contribution is -0.122. The zero-order chi connectivity index (χ0) is 28.7. The van der Waals surface area contributed by atoms with Crippen LogP contribution in [0.1, 0.15) is 30.0 Å². The topological polar surface area (TPSA) is 128 Å². The Kier molecular flexibility index (Phi) is 6.73. The number of aromatic amines is 1. The van der Waals surface area contributed by atoms with E-state index >= 15 is 0 Å². The Morgan fingerprint density at radius 3 is 2.63 bits per heavy atom. The van der Waals surface area contributed by atoms with Crippen LogP contribution >= 0.6 is 0 Å². The number of carbonyl (C=O) groups is 3. The van der Waals surface area contributed by atoms with Gasteiger partial charge >= 0.3 is 12.1 Å². The highest BCUT2D eigenvalue weighted by Gasteiger charge is 2.35. The van der Waals surface area contributed by atoms with Crippen LogP contribution < -0.4 is 10.1 Å². The predicted octanol–water partition coefficient (Wildman–Crippen LogP) is 5.32. The largest absolute Gasteiger partial charge is 0.491 e. The average molecular weight is 562 g/mol. The molecular weight excluding hydrogens is 536 g/mol. The van der Waals surface area contributed by atoms with E-state index in [4.69, 9.17) is 9.84 Å². The van der Waals surface area contributed by atoms with Crippen molar-refractivity contribution >= 4 is 34.9 Å². The number of carbonyl (C=O) groups excluding carboxylic acids is 2. The second-order valence-corrected chi connectivity index (χ2v) is 10.00. The molecule has 0 aliphatic carbocycles. The van der Waals surface area contributed by atoms with Gasteiger partial charge in [-0.2, -0.15) is 0 Å². The third-order valence-corrected chi connectivity index (χ3v) is 7.35. The number of halogens is 2. The Bertz CT molecular complexity index is 1690. The second kappa shape index (κ2) is 10.5. The summed E-state index contributed by atoms with van der Waals surface area (Å²) in [4.78, 5) is 47.4. The smallest absolute Gasteiger partial charge is 0.411 e. The number of H-pyrrole nitrogens is 1. The Labute approximate surface area is 232 Å². The highest BCUT2D eigenvalue weighted by Crippen LogP contribution is 2.34. The van der Waals surface area contributed by atoms with E-state index in [0.717, 1.165) is 28.8 Å². The van der Waals surface area contributed by atoms with E-state index in [1.54, 1.807) is 15.9 Å². The van der Waals surface area contributed by atoms with Gasteiger partial charge in [-0.1, -0.05) is 18.2 Å². The number of anilines is 1. The lowest BCUT2D eigenvalue weighted by Gasteiger charge is -2.38. The van der Waals surface area contributed by atoms with Crippen LogP contribution in [0.3, 0.4) is 0 Å². The maximum atomic E-state index is 14.0. The van der Waals surface area contributed by atoms with Gasteiger partial charge in [0.15, 0.2) is 11.6 Å². The van der Waals surface area contributed by atoms with E-state index in [1.807, 2.05) is 30.3 Å². The molecule has 3 heterocycles. The summed E-state index contributed by atoms with van der Waals surface area (Å²) in [7, 11) is 0. The minimum absolute atomic E-state index is 0.0294. The van der Waals surface area contributed by atoms with Gasteiger partial charge in [-0.25, -0.2) is 23.4 Å². The number of imidazole rings is 1. The van der Waals surface area contributed by atoms with Gasteiger partial charge in [0.25, 0.3) is 0 Å².